The van der Waals surface area contributed by atoms with Crippen molar-refractivity contribution in [1.29, 1.82) is 5.41 Å². The summed E-state index contributed by atoms with van der Waals surface area (Å²) in [6.45, 7) is 2.87. The van der Waals surface area contributed by atoms with Gasteiger partial charge in [0.15, 0.2) is 0 Å². The van der Waals surface area contributed by atoms with Gasteiger partial charge in [0.05, 0.1) is 6.04 Å². The molecule has 2 atom stereocenters. The van der Waals surface area contributed by atoms with Gasteiger partial charge in [0.25, 0.3) is 0 Å². The molecule has 1 saturated heterocycles. The van der Waals surface area contributed by atoms with Crippen molar-refractivity contribution in [2.24, 2.45) is 0 Å². The first-order valence-corrected chi connectivity index (χ1v) is 11.4. The van der Waals surface area contributed by atoms with Gasteiger partial charge in [-0.1, -0.05) is 61.0 Å². The number of ether oxygens (including phenoxy) is 1. The van der Waals surface area contributed by atoms with Gasteiger partial charge in [0.2, 0.25) is 11.8 Å². The number of rotatable bonds is 8. The zero-order valence-electron chi connectivity index (χ0n) is 19.2. The molecule has 1 heterocycles. The summed E-state index contributed by atoms with van der Waals surface area (Å²) in [4.78, 5) is 36.5. The Bertz CT molecular complexity index is 988. The second-order valence-corrected chi connectivity index (χ2v) is 8.21. The number of benzene rings is 2. The van der Waals surface area contributed by atoms with Crippen LogP contribution in [0, 0.1) is 5.41 Å². The number of hydrogen-bond donors (Lipinski definition) is 5. The Morgan fingerprint density at radius 2 is 1.79 bits per heavy atom. The fourth-order valence-electron chi connectivity index (χ4n) is 3.52. The minimum atomic E-state index is -0.704. The van der Waals surface area contributed by atoms with Crippen LogP contribution in [0.3, 0.4) is 0 Å². The largest absolute Gasteiger partial charge is 0.444 e. The van der Waals surface area contributed by atoms with E-state index in [0.29, 0.717) is 5.56 Å². The number of carbonyl (C=O) groups is 3. The topological polar surface area (TPSA) is 132 Å². The molecule has 0 spiro atoms. The van der Waals surface area contributed by atoms with Gasteiger partial charge in [-0.3, -0.25) is 20.3 Å². The molecule has 9 heteroatoms. The van der Waals surface area contributed by atoms with Crippen molar-refractivity contribution < 1.29 is 19.1 Å². The van der Waals surface area contributed by atoms with Crippen molar-refractivity contribution in [3.63, 3.8) is 0 Å². The highest BCUT2D eigenvalue weighted by Gasteiger charge is 2.23. The molecule has 2 aromatic carbocycles. The maximum atomic E-state index is 12.4. The SMILES string of the molecule is C[C@H](NC(=O)C1CCCCN1)C(=O)NCc1ccc(C(=N)NC(=O)OCc2ccccc2)cc1. The molecule has 1 fully saturated rings. The monoisotopic (exact) mass is 465 g/mol. The van der Waals surface area contributed by atoms with Crippen molar-refractivity contribution >= 4 is 23.7 Å². The van der Waals surface area contributed by atoms with Crippen molar-refractivity contribution in [3.8, 4) is 0 Å². The second-order valence-electron chi connectivity index (χ2n) is 8.21. The molecule has 3 rings (SSSR count). The molecule has 3 amide bonds. The lowest BCUT2D eigenvalue weighted by Crippen LogP contribution is -2.52. The minimum Gasteiger partial charge on any atom is -0.444 e. The van der Waals surface area contributed by atoms with Gasteiger partial charge in [0, 0.05) is 12.1 Å². The summed E-state index contributed by atoms with van der Waals surface area (Å²) in [5.41, 5.74) is 2.19. The maximum Gasteiger partial charge on any atom is 0.413 e. The van der Waals surface area contributed by atoms with Crippen LogP contribution in [0.15, 0.2) is 54.6 Å². The highest BCUT2D eigenvalue weighted by Crippen LogP contribution is 2.08. The van der Waals surface area contributed by atoms with Crippen LogP contribution >= 0.6 is 0 Å². The summed E-state index contributed by atoms with van der Waals surface area (Å²) in [5, 5.41) is 19.2. The summed E-state index contributed by atoms with van der Waals surface area (Å²) in [5.74, 6) is -0.509. The Morgan fingerprint density at radius 1 is 1.06 bits per heavy atom. The summed E-state index contributed by atoms with van der Waals surface area (Å²) in [7, 11) is 0. The van der Waals surface area contributed by atoms with Gasteiger partial charge < -0.3 is 20.7 Å². The van der Waals surface area contributed by atoms with E-state index >= 15 is 0 Å². The lowest BCUT2D eigenvalue weighted by Gasteiger charge is -2.24. The molecule has 9 nitrogen and oxygen atoms in total. The number of carbonyl (C=O) groups excluding carboxylic acids is 3. The predicted molar refractivity (Wildman–Crippen MR) is 128 cm³/mol. The third-order valence-electron chi connectivity index (χ3n) is 5.53. The quantitative estimate of drug-likeness (QED) is 0.301. The third kappa shape index (κ3) is 7.70. The van der Waals surface area contributed by atoms with E-state index in [4.69, 9.17) is 10.1 Å². The van der Waals surface area contributed by atoms with Crippen molar-refractivity contribution in [2.75, 3.05) is 6.54 Å². The number of amidine groups is 1. The molecule has 1 unspecified atom stereocenters. The Balaban J connectivity index is 1.40. The standard InChI is InChI=1S/C25H31N5O4/c1-17(29-24(32)21-9-5-6-14-27-21)23(31)28-15-18-10-12-20(13-11-18)22(26)30-25(33)34-16-19-7-3-2-4-8-19/h2-4,7-8,10-13,17,21,27H,5-6,9,14-16H2,1H3,(H,28,31)(H,29,32)(H2,26,30,33)/t17-,21?/m0/s1. The van der Waals surface area contributed by atoms with Gasteiger partial charge in [-0.05, 0) is 37.4 Å². The van der Waals surface area contributed by atoms with Crippen molar-refractivity contribution in [2.45, 2.75) is 51.4 Å². The Hall–Kier alpha value is -3.72. The number of nitrogens with one attached hydrogen (secondary N) is 5. The summed E-state index contributed by atoms with van der Waals surface area (Å²) < 4.78 is 5.13. The van der Waals surface area contributed by atoms with E-state index in [0.717, 1.165) is 36.9 Å². The smallest absolute Gasteiger partial charge is 0.413 e. The van der Waals surface area contributed by atoms with E-state index < -0.39 is 12.1 Å². The first kappa shape index (κ1) is 24.9. The van der Waals surface area contributed by atoms with E-state index in [1.807, 2.05) is 30.3 Å². The van der Waals surface area contributed by atoms with E-state index in [9.17, 15) is 14.4 Å². The van der Waals surface area contributed by atoms with Crippen molar-refractivity contribution in [3.05, 3.63) is 71.3 Å². The van der Waals surface area contributed by atoms with Gasteiger partial charge in [0.1, 0.15) is 18.5 Å². The first-order valence-electron chi connectivity index (χ1n) is 11.4. The van der Waals surface area contributed by atoms with Crippen LogP contribution in [0.2, 0.25) is 0 Å². The fraction of sp³-hybridized carbons (Fsp3) is 0.360. The molecule has 1 aliphatic rings. The van der Waals surface area contributed by atoms with Gasteiger partial charge in [-0.15, -0.1) is 0 Å². The summed E-state index contributed by atoms with van der Waals surface area (Å²) in [6.07, 6.45) is 2.14. The Kier molecular flexibility index (Phi) is 9.16. The van der Waals surface area contributed by atoms with Crippen LogP contribution in [0.1, 0.15) is 42.9 Å². The molecule has 0 aromatic heterocycles. The molecule has 0 aliphatic carbocycles. The zero-order valence-corrected chi connectivity index (χ0v) is 19.2. The van der Waals surface area contributed by atoms with E-state index in [1.54, 1.807) is 31.2 Å². The number of hydrogen-bond acceptors (Lipinski definition) is 6. The van der Waals surface area contributed by atoms with E-state index in [-0.39, 0.29) is 36.8 Å². The molecule has 2 aromatic rings. The molecule has 1 aliphatic heterocycles. The third-order valence-corrected chi connectivity index (χ3v) is 5.53. The van der Waals surface area contributed by atoms with Gasteiger partial charge in [-0.25, -0.2) is 4.79 Å². The Morgan fingerprint density at radius 3 is 2.47 bits per heavy atom. The van der Waals surface area contributed by atoms with Crippen molar-refractivity contribution in [1.82, 2.24) is 21.3 Å². The molecular weight excluding hydrogens is 434 g/mol. The fourth-order valence-corrected chi connectivity index (χ4v) is 3.52. The van der Waals surface area contributed by atoms with Crippen LogP contribution < -0.4 is 21.3 Å². The lowest BCUT2D eigenvalue weighted by molar-refractivity contribution is -0.130. The zero-order chi connectivity index (χ0) is 24.3. The highest BCUT2D eigenvalue weighted by atomic mass is 16.5. The molecule has 0 bridgehead atoms. The van der Waals surface area contributed by atoms with Crippen LogP contribution in [-0.2, 0) is 27.5 Å². The highest BCUT2D eigenvalue weighted by molar-refractivity contribution is 6.04. The van der Waals surface area contributed by atoms with E-state index in [2.05, 4.69) is 21.3 Å². The molecule has 34 heavy (non-hydrogen) atoms. The first-order chi connectivity index (χ1) is 16.4. The lowest BCUT2D eigenvalue weighted by atomic mass is 10.0. The summed E-state index contributed by atoms with van der Waals surface area (Å²) in [6, 6.07) is 15.3. The molecular formula is C25H31N5O4. The normalized spacial score (nSPS) is 16.1. The molecule has 5 N–H and O–H groups in total. The molecule has 180 valence electrons. The molecule has 0 radical (unpaired) electrons. The predicted octanol–water partition coefficient (Wildman–Crippen LogP) is 2.20. The van der Waals surface area contributed by atoms with E-state index in [1.165, 1.54) is 0 Å². The van der Waals surface area contributed by atoms with Crippen LogP contribution in [0.4, 0.5) is 4.79 Å². The maximum absolute atomic E-state index is 12.4. The van der Waals surface area contributed by atoms with Gasteiger partial charge in [-0.2, -0.15) is 0 Å². The minimum absolute atomic E-state index is 0.0821. The second kappa shape index (κ2) is 12.5. The van der Waals surface area contributed by atoms with Crippen LogP contribution in [0.5, 0.6) is 0 Å². The van der Waals surface area contributed by atoms with Crippen LogP contribution in [-0.4, -0.2) is 42.4 Å². The average Bonchev–Trinajstić information content (AvgIpc) is 2.87. The number of piperidine rings is 1. The number of alkyl carbamates (subject to hydrolysis) is 1. The molecule has 0 saturated carbocycles. The number of amides is 3. The Labute approximate surface area is 199 Å². The van der Waals surface area contributed by atoms with Crippen LogP contribution in [0.25, 0.3) is 0 Å². The summed E-state index contributed by atoms with van der Waals surface area (Å²) >= 11 is 0. The van der Waals surface area contributed by atoms with Gasteiger partial charge >= 0.3 is 6.09 Å². The average molecular weight is 466 g/mol.